The minimum absolute atomic E-state index is 0.206. The molecule has 1 fully saturated rings. The van der Waals surface area contributed by atoms with Gasteiger partial charge in [-0.2, -0.15) is 0 Å². The summed E-state index contributed by atoms with van der Waals surface area (Å²) in [7, 11) is 0. The lowest BCUT2D eigenvalue weighted by atomic mass is 9.75. The molecule has 150 valence electrons. The second-order valence-corrected chi connectivity index (χ2v) is 8.60. The predicted octanol–water partition coefficient (Wildman–Crippen LogP) is 3.36. The zero-order valence-electron chi connectivity index (χ0n) is 16.7. The molecule has 0 unspecified atom stereocenters. The Bertz CT molecular complexity index is 511. The van der Waals surface area contributed by atoms with Crippen LogP contribution in [0.1, 0.15) is 67.2 Å². The maximum Gasteiger partial charge on any atom is 0.408 e. The van der Waals surface area contributed by atoms with E-state index in [1.54, 1.807) is 20.8 Å². The predicted molar refractivity (Wildman–Crippen MR) is 96.6 cm³/mol. The van der Waals surface area contributed by atoms with Crippen molar-refractivity contribution in [2.75, 3.05) is 0 Å². The Hall–Kier alpha value is -1.79. The first-order valence-electron chi connectivity index (χ1n) is 9.30. The number of ether oxygens (including phenoxy) is 2. The monoisotopic (exact) mass is 371 g/mol. The van der Waals surface area contributed by atoms with Crippen LogP contribution >= 0.6 is 0 Å². The smallest absolute Gasteiger partial charge is 0.408 e. The molecule has 0 aliphatic heterocycles. The molecule has 0 radical (unpaired) electrons. The van der Waals surface area contributed by atoms with Gasteiger partial charge in [-0.05, 0) is 51.4 Å². The normalized spacial score (nSPS) is 24.7. The van der Waals surface area contributed by atoms with Crippen LogP contribution in [0.2, 0.25) is 0 Å². The Kier molecular flexibility index (Phi) is 7.90. The molecular formula is C19H33NO6. The number of carboxylic acids is 1. The van der Waals surface area contributed by atoms with Gasteiger partial charge in [-0.15, -0.1) is 0 Å². The molecule has 7 heteroatoms. The highest BCUT2D eigenvalue weighted by Gasteiger charge is 2.34. The molecule has 1 amide bonds. The Morgan fingerprint density at radius 3 is 2.31 bits per heavy atom. The van der Waals surface area contributed by atoms with Gasteiger partial charge in [0.1, 0.15) is 17.7 Å². The van der Waals surface area contributed by atoms with Gasteiger partial charge in [0.05, 0.1) is 6.42 Å². The van der Waals surface area contributed by atoms with Gasteiger partial charge in [0, 0.05) is 0 Å². The van der Waals surface area contributed by atoms with E-state index in [-0.39, 0.29) is 12.0 Å². The minimum atomic E-state index is -1.38. The van der Waals surface area contributed by atoms with Crippen molar-refractivity contribution in [3.8, 4) is 0 Å². The van der Waals surface area contributed by atoms with E-state index >= 15 is 0 Å². The highest BCUT2D eigenvalue weighted by molar-refractivity contribution is 5.85. The maximum atomic E-state index is 12.3. The zero-order chi connectivity index (χ0) is 20.1. The van der Waals surface area contributed by atoms with Crippen molar-refractivity contribution in [2.24, 2.45) is 17.8 Å². The molecule has 0 aromatic rings. The number of hydrogen-bond acceptors (Lipinski definition) is 5. The average molecular weight is 371 g/mol. The SMILES string of the molecule is CC(C)[C@@H]1CC[C@@H](C)C[C@H]1OC(=O)C[C@H](NC(=O)OC(C)(C)C)C(=O)O. The summed E-state index contributed by atoms with van der Waals surface area (Å²) in [6.07, 6.45) is 1.38. The fourth-order valence-electron chi connectivity index (χ4n) is 3.28. The summed E-state index contributed by atoms with van der Waals surface area (Å²) < 4.78 is 10.7. The fraction of sp³-hybridized carbons (Fsp3) is 0.842. The van der Waals surface area contributed by atoms with Crippen LogP contribution in [-0.2, 0) is 19.1 Å². The van der Waals surface area contributed by atoms with E-state index in [2.05, 4.69) is 26.1 Å². The number of aliphatic carboxylic acids is 1. The molecule has 1 saturated carbocycles. The first-order chi connectivity index (χ1) is 11.9. The van der Waals surface area contributed by atoms with E-state index in [1.807, 2.05) is 0 Å². The van der Waals surface area contributed by atoms with E-state index in [4.69, 9.17) is 9.47 Å². The lowest BCUT2D eigenvalue weighted by Gasteiger charge is -2.36. The molecule has 4 atom stereocenters. The van der Waals surface area contributed by atoms with Crippen LogP contribution in [0.4, 0.5) is 4.79 Å². The summed E-state index contributed by atoms with van der Waals surface area (Å²) in [5, 5.41) is 11.5. The van der Waals surface area contributed by atoms with Crippen LogP contribution in [0, 0.1) is 17.8 Å². The van der Waals surface area contributed by atoms with E-state index in [0.29, 0.717) is 11.8 Å². The van der Waals surface area contributed by atoms with Gasteiger partial charge in [0.15, 0.2) is 0 Å². The lowest BCUT2D eigenvalue weighted by molar-refractivity contribution is -0.159. The molecule has 1 aliphatic carbocycles. The second kappa shape index (κ2) is 9.24. The highest BCUT2D eigenvalue weighted by Crippen LogP contribution is 2.35. The molecule has 1 aliphatic rings. The van der Waals surface area contributed by atoms with E-state index in [1.165, 1.54) is 0 Å². The van der Waals surface area contributed by atoms with Crippen molar-refractivity contribution in [1.82, 2.24) is 5.32 Å². The van der Waals surface area contributed by atoms with Crippen molar-refractivity contribution < 1.29 is 29.0 Å². The van der Waals surface area contributed by atoms with Crippen LogP contribution in [0.15, 0.2) is 0 Å². The van der Waals surface area contributed by atoms with Gasteiger partial charge in [0.2, 0.25) is 0 Å². The topological polar surface area (TPSA) is 102 Å². The number of carbonyl (C=O) groups is 3. The molecule has 0 aromatic carbocycles. The number of amides is 1. The molecule has 0 saturated heterocycles. The standard InChI is InChI=1S/C19H33NO6/c1-11(2)13-8-7-12(3)9-15(13)25-16(21)10-14(17(22)23)20-18(24)26-19(4,5)6/h11-15H,7-10H2,1-6H3,(H,20,24)(H,22,23)/t12-,13+,14+,15-/m1/s1. The molecule has 0 heterocycles. The largest absolute Gasteiger partial charge is 0.480 e. The summed E-state index contributed by atoms with van der Waals surface area (Å²) in [6, 6.07) is -1.38. The molecular weight excluding hydrogens is 338 g/mol. The summed E-state index contributed by atoms with van der Waals surface area (Å²) >= 11 is 0. The molecule has 7 nitrogen and oxygen atoms in total. The number of carbonyl (C=O) groups excluding carboxylic acids is 2. The first-order valence-corrected chi connectivity index (χ1v) is 9.30. The van der Waals surface area contributed by atoms with E-state index < -0.39 is 36.1 Å². The van der Waals surface area contributed by atoms with Crippen LogP contribution in [0.3, 0.4) is 0 Å². The number of nitrogens with one attached hydrogen (secondary N) is 1. The summed E-state index contributed by atoms with van der Waals surface area (Å²) in [6.45, 7) is 11.4. The van der Waals surface area contributed by atoms with Gasteiger partial charge in [-0.1, -0.05) is 27.2 Å². The minimum Gasteiger partial charge on any atom is -0.480 e. The molecule has 0 aromatic heterocycles. The van der Waals surface area contributed by atoms with Crippen molar-refractivity contribution in [2.45, 2.75) is 85.0 Å². The Labute approximate surface area is 155 Å². The van der Waals surface area contributed by atoms with Gasteiger partial charge in [-0.25, -0.2) is 9.59 Å². The molecule has 1 rings (SSSR count). The van der Waals surface area contributed by atoms with Crippen molar-refractivity contribution in [1.29, 1.82) is 0 Å². The Balaban J connectivity index is 2.66. The number of hydrogen-bond donors (Lipinski definition) is 2. The fourth-order valence-corrected chi connectivity index (χ4v) is 3.28. The second-order valence-electron chi connectivity index (χ2n) is 8.60. The molecule has 2 N–H and O–H groups in total. The van der Waals surface area contributed by atoms with Crippen LogP contribution in [0.25, 0.3) is 0 Å². The molecule has 0 bridgehead atoms. The third-order valence-corrected chi connectivity index (χ3v) is 4.60. The number of carboxylic acid groups (broad SMARTS) is 1. The third-order valence-electron chi connectivity index (χ3n) is 4.60. The number of rotatable bonds is 6. The molecule has 26 heavy (non-hydrogen) atoms. The first kappa shape index (κ1) is 22.3. The summed E-state index contributed by atoms with van der Waals surface area (Å²) in [5.74, 6) is -0.783. The van der Waals surface area contributed by atoms with Crippen LogP contribution < -0.4 is 5.32 Å². The van der Waals surface area contributed by atoms with E-state index in [9.17, 15) is 19.5 Å². The van der Waals surface area contributed by atoms with Crippen LogP contribution in [0.5, 0.6) is 0 Å². The van der Waals surface area contributed by atoms with Gasteiger partial charge < -0.3 is 19.9 Å². The number of alkyl carbamates (subject to hydrolysis) is 1. The Morgan fingerprint density at radius 2 is 1.81 bits per heavy atom. The van der Waals surface area contributed by atoms with Gasteiger partial charge in [0.25, 0.3) is 0 Å². The molecule has 0 spiro atoms. The maximum absolute atomic E-state index is 12.3. The lowest BCUT2D eigenvalue weighted by Crippen LogP contribution is -2.45. The number of esters is 1. The van der Waals surface area contributed by atoms with Gasteiger partial charge in [-0.3, -0.25) is 4.79 Å². The summed E-state index contributed by atoms with van der Waals surface area (Å²) in [4.78, 5) is 35.4. The summed E-state index contributed by atoms with van der Waals surface area (Å²) in [5.41, 5.74) is -0.754. The van der Waals surface area contributed by atoms with Crippen molar-refractivity contribution >= 4 is 18.0 Å². The Morgan fingerprint density at radius 1 is 1.19 bits per heavy atom. The zero-order valence-corrected chi connectivity index (χ0v) is 16.7. The van der Waals surface area contributed by atoms with Crippen molar-refractivity contribution in [3.63, 3.8) is 0 Å². The average Bonchev–Trinajstić information content (AvgIpc) is 2.43. The third kappa shape index (κ3) is 7.62. The van der Waals surface area contributed by atoms with Crippen LogP contribution in [-0.4, -0.2) is 40.9 Å². The van der Waals surface area contributed by atoms with Gasteiger partial charge >= 0.3 is 18.0 Å². The quantitative estimate of drug-likeness (QED) is 0.694. The highest BCUT2D eigenvalue weighted by atomic mass is 16.6. The van der Waals surface area contributed by atoms with E-state index in [0.717, 1.165) is 19.3 Å². The van der Waals surface area contributed by atoms with Crippen molar-refractivity contribution in [3.05, 3.63) is 0 Å².